The minimum atomic E-state index is 0. The predicted octanol–water partition coefficient (Wildman–Crippen LogP) is 4.15. The Labute approximate surface area is 170 Å². The molecule has 1 saturated heterocycles. The summed E-state index contributed by atoms with van der Waals surface area (Å²) in [5.74, 6) is 1.07. The average molecular weight is 408 g/mol. The summed E-state index contributed by atoms with van der Waals surface area (Å²) in [4.78, 5) is 19.9. The van der Waals surface area contributed by atoms with Crippen molar-refractivity contribution in [1.29, 1.82) is 0 Å². The molecule has 0 radical (unpaired) electrons. The van der Waals surface area contributed by atoms with E-state index in [9.17, 15) is 4.79 Å². The third-order valence-electron chi connectivity index (χ3n) is 4.98. The summed E-state index contributed by atoms with van der Waals surface area (Å²) < 4.78 is 5.48. The molecule has 1 aromatic carbocycles. The molecule has 5 nitrogen and oxygen atoms in total. The molecule has 0 aliphatic carbocycles. The first-order valence-electron chi connectivity index (χ1n) is 8.62. The lowest BCUT2D eigenvalue weighted by atomic mass is 10.1. The zero-order valence-corrected chi connectivity index (χ0v) is 16.6. The van der Waals surface area contributed by atoms with Crippen molar-refractivity contribution in [2.24, 2.45) is 11.7 Å². The van der Waals surface area contributed by atoms with E-state index in [1.54, 1.807) is 6.26 Å². The predicted molar refractivity (Wildman–Crippen MR) is 112 cm³/mol. The molecule has 144 valence electrons. The van der Waals surface area contributed by atoms with Crippen LogP contribution in [0.1, 0.15) is 23.7 Å². The van der Waals surface area contributed by atoms with Gasteiger partial charge in [-0.25, -0.2) is 4.98 Å². The van der Waals surface area contributed by atoms with Gasteiger partial charge in [-0.3, -0.25) is 4.79 Å². The van der Waals surface area contributed by atoms with Crippen LogP contribution in [0, 0.1) is 5.92 Å². The van der Waals surface area contributed by atoms with Crippen LogP contribution >= 0.6 is 24.8 Å². The highest BCUT2D eigenvalue weighted by Crippen LogP contribution is 2.29. The summed E-state index contributed by atoms with van der Waals surface area (Å²) in [6, 6.07) is 13.4. The van der Waals surface area contributed by atoms with Gasteiger partial charge in [0.05, 0.1) is 17.3 Å². The van der Waals surface area contributed by atoms with Crippen LogP contribution in [0.15, 0.2) is 53.1 Å². The number of furan rings is 1. The molecule has 4 rings (SSSR count). The fourth-order valence-electron chi connectivity index (χ4n) is 3.65. The minimum absolute atomic E-state index is 0. The number of benzene rings is 1. The average Bonchev–Trinajstić information content (AvgIpc) is 3.30. The number of rotatable bonds is 3. The van der Waals surface area contributed by atoms with Gasteiger partial charge in [-0.1, -0.05) is 18.2 Å². The highest BCUT2D eigenvalue weighted by atomic mass is 35.5. The van der Waals surface area contributed by atoms with E-state index < -0.39 is 0 Å². The van der Waals surface area contributed by atoms with Gasteiger partial charge in [0.25, 0.3) is 5.91 Å². The van der Waals surface area contributed by atoms with E-state index in [4.69, 9.17) is 10.2 Å². The standard InChI is InChI=1S/C20H21N3O2.2ClH/c1-13-9-14(11-21)12-23(13)20(24)16-10-18(19-7-4-8-25-19)22-17-6-3-2-5-15(16)17;;/h2-8,10,13-14H,9,11-12,21H2,1H3;2*1H. The number of likely N-dealkylation sites (tertiary alicyclic amines) is 1. The molecule has 0 bridgehead atoms. The van der Waals surface area contributed by atoms with Crippen molar-refractivity contribution in [3.8, 4) is 11.5 Å². The fourth-order valence-corrected chi connectivity index (χ4v) is 3.65. The van der Waals surface area contributed by atoms with E-state index in [0.29, 0.717) is 36.0 Å². The van der Waals surface area contributed by atoms with Gasteiger partial charge in [0.2, 0.25) is 0 Å². The monoisotopic (exact) mass is 407 g/mol. The number of hydrogen-bond acceptors (Lipinski definition) is 4. The van der Waals surface area contributed by atoms with Gasteiger partial charge in [0.15, 0.2) is 5.76 Å². The molecule has 7 heteroatoms. The summed E-state index contributed by atoms with van der Waals surface area (Å²) in [6.45, 7) is 3.41. The lowest BCUT2D eigenvalue weighted by Gasteiger charge is -2.22. The largest absolute Gasteiger partial charge is 0.463 e. The Hall–Kier alpha value is -2.08. The van der Waals surface area contributed by atoms with E-state index in [1.165, 1.54) is 0 Å². The number of amides is 1. The number of fused-ring (bicyclic) bond motifs is 1. The fraction of sp³-hybridized carbons (Fsp3) is 0.300. The first kappa shape index (κ1) is 21.2. The second-order valence-electron chi connectivity index (χ2n) is 6.69. The molecule has 1 aliphatic heterocycles. The number of aromatic nitrogens is 1. The van der Waals surface area contributed by atoms with Gasteiger partial charge >= 0.3 is 0 Å². The van der Waals surface area contributed by atoms with E-state index >= 15 is 0 Å². The minimum Gasteiger partial charge on any atom is -0.463 e. The molecule has 3 heterocycles. The zero-order valence-electron chi connectivity index (χ0n) is 15.0. The van der Waals surface area contributed by atoms with E-state index in [-0.39, 0.29) is 36.8 Å². The number of nitrogens with zero attached hydrogens (tertiary/aromatic N) is 2. The molecule has 0 saturated carbocycles. The molecular weight excluding hydrogens is 385 g/mol. The third-order valence-corrected chi connectivity index (χ3v) is 4.98. The molecule has 1 amide bonds. The SMILES string of the molecule is CC1CC(CN)CN1C(=O)c1cc(-c2ccco2)nc2ccccc12.Cl.Cl. The van der Waals surface area contributed by atoms with Crippen LogP contribution in [0.2, 0.25) is 0 Å². The van der Waals surface area contributed by atoms with Crippen molar-refractivity contribution >= 4 is 41.6 Å². The van der Waals surface area contributed by atoms with E-state index in [0.717, 1.165) is 17.3 Å². The van der Waals surface area contributed by atoms with Crippen LogP contribution in [0.25, 0.3) is 22.4 Å². The summed E-state index contributed by atoms with van der Waals surface area (Å²) >= 11 is 0. The Kier molecular flexibility index (Phi) is 6.87. The first-order chi connectivity index (χ1) is 12.2. The Balaban J connectivity index is 0.00000131. The number of para-hydroxylation sites is 1. The van der Waals surface area contributed by atoms with Crippen LogP contribution in [-0.2, 0) is 0 Å². The van der Waals surface area contributed by atoms with Gasteiger partial charge < -0.3 is 15.1 Å². The Morgan fingerprint density at radius 2 is 2.04 bits per heavy atom. The van der Waals surface area contributed by atoms with Crippen LogP contribution in [0.3, 0.4) is 0 Å². The molecule has 3 aromatic rings. The van der Waals surface area contributed by atoms with Crippen LogP contribution < -0.4 is 5.73 Å². The van der Waals surface area contributed by atoms with E-state index in [2.05, 4.69) is 11.9 Å². The number of carbonyl (C=O) groups is 1. The maximum Gasteiger partial charge on any atom is 0.254 e. The summed E-state index contributed by atoms with van der Waals surface area (Å²) in [5.41, 5.74) is 7.95. The molecule has 1 aliphatic rings. The molecule has 2 unspecified atom stereocenters. The second-order valence-corrected chi connectivity index (χ2v) is 6.69. The number of halogens is 2. The van der Waals surface area contributed by atoms with E-state index in [1.807, 2.05) is 47.4 Å². The molecule has 0 spiro atoms. The second kappa shape index (κ2) is 8.74. The van der Waals surface area contributed by atoms with Gasteiger partial charge in [0, 0.05) is 18.0 Å². The Morgan fingerprint density at radius 3 is 2.70 bits per heavy atom. The maximum absolute atomic E-state index is 13.3. The third kappa shape index (κ3) is 3.95. The number of carbonyl (C=O) groups excluding carboxylic acids is 1. The van der Waals surface area contributed by atoms with Gasteiger partial charge in [-0.2, -0.15) is 0 Å². The molecule has 2 N–H and O–H groups in total. The van der Waals surface area contributed by atoms with Crippen LogP contribution in [0.4, 0.5) is 0 Å². The highest BCUT2D eigenvalue weighted by Gasteiger charge is 2.33. The molecule has 2 aromatic heterocycles. The Morgan fingerprint density at radius 1 is 1.26 bits per heavy atom. The molecular formula is C20H23Cl2N3O2. The smallest absolute Gasteiger partial charge is 0.254 e. The number of pyridine rings is 1. The topological polar surface area (TPSA) is 72.4 Å². The van der Waals surface area contributed by atoms with Crippen molar-refractivity contribution in [3.63, 3.8) is 0 Å². The van der Waals surface area contributed by atoms with Crippen molar-refractivity contribution < 1.29 is 9.21 Å². The Bertz CT molecular complexity index is 915. The van der Waals surface area contributed by atoms with Crippen molar-refractivity contribution in [1.82, 2.24) is 9.88 Å². The van der Waals surface area contributed by atoms with Gasteiger partial charge in [0.1, 0.15) is 5.69 Å². The van der Waals surface area contributed by atoms with Gasteiger partial charge in [-0.15, -0.1) is 24.8 Å². The lowest BCUT2D eigenvalue weighted by Crippen LogP contribution is -2.34. The number of nitrogens with two attached hydrogens (primary N) is 1. The quantitative estimate of drug-likeness (QED) is 0.707. The zero-order chi connectivity index (χ0) is 17.4. The van der Waals surface area contributed by atoms with Crippen LogP contribution in [0.5, 0.6) is 0 Å². The van der Waals surface area contributed by atoms with Crippen molar-refractivity contribution in [2.75, 3.05) is 13.1 Å². The summed E-state index contributed by atoms with van der Waals surface area (Å²) in [5, 5.41) is 0.867. The normalized spacial score (nSPS) is 18.8. The maximum atomic E-state index is 13.3. The molecule has 2 atom stereocenters. The molecule has 27 heavy (non-hydrogen) atoms. The summed E-state index contributed by atoms with van der Waals surface area (Å²) in [7, 11) is 0. The summed E-state index contributed by atoms with van der Waals surface area (Å²) in [6.07, 6.45) is 2.57. The van der Waals surface area contributed by atoms with Crippen molar-refractivity contribution in [2.45, 2.75) is 19.4 Å². The van der Waals surface area contributed by atoms with Crippen LogP contribution in [-0.4, -0.2) is 34.9 Å². The lowest BCUT2D eigenvalue weighted by molar-refractivity contribution is 0.0745. The highest BCUT2D eigenvalue weighted by molar-refractivity contribution is 6.07. The molecule has 1 fully saturated rings. The van der Waals surface area contributed by atoms with Gasteiger partial charge in [-0.05, 0) is 50.1 Å². The van der Waals surface area contributed by atoms with Crippen molar-refractivity contribution in [3.05, 3.63) is 54.3 Å². The number of hydrogen-bond donors (Lipinski definition) is 1. The first-order valence-corrected chi connectivity index (χ1v) is 8.62.